The van der Waals surface area contributed by atoms with E-state index in [0.717, 1.165) is 31.7 Å². The van der Waals surface area contributed by atoms with E-state index in [-0.39, 0.29) is 10.0 Å². The maximum Gasteiger partial charge on any atom is 0.146 e. The molecule has 4 heteroatoms. The summed E-state index contributed by atoms with van der Waals surface area (Å²) in [6.07, 6.45) is 3.26. The van der Waals surface area contributed by atoms with Crippen molar-refractivity contribution in [1.29, 1.82) is 0 Å². The summed E-state index contributed by atoms with van der Waals surface area (Å²) in [5.74, 6) is -1.39. The summed E-state index contributed by atoms with van der Waals surface area (Å²) in [5, 5.41) is 9.81. The fourth-order valence-electron chi connectivity index (χ4n) is 1.76. The van der Waals surface area contributed by atoms with Gasteiger partial charge in [-0.15, -0.1) is 0 Å². The summed E-state index contributed by atoms with van der Waals surface area (Å²) in [5.41, 5.74) is -0.226. The molecule has 0 aliphatic heterocycles. The van der Waals surface area contributed by atoms with Gasteiger partial charge in [0.05, 0.1) is 16.1 Å². The van der Waals surface area contributed by atoms with Crippen LogP contribution in [0.2, 0.25) is 0 Å². The largest absolute Gasteiger partial charge is 0.388 e. The van der Waals surface area contributed by atoms with E-state index in [9.17, 15) is 13.9 Å². The van der Waals surface area contributed by atoms with Crippen molar-refractivity contribution in [3.05, 3.63) is 33.8 Å². The topological polar surface area (TPSA) is 20.2 Å². The normalized spacial score (nSPS) is 12.8. The number of hydrogen-bond donors (Lipinski definition) is 1. The Kier molecular flexibility index (Phi) is 6.06. The van der Waals surface area contributed by atoms with E-state index in [4.69, 9.17) is 0 Å². The van der Waals surface area contributed by atoms with Crippen molar-refractivity contribution < 1.29 is 13.9 Å². The molecule has 1 N–H and O–H groups in total. The van der Waals surface area contributed by atoms with Crippen LogP contribution in [0.25, 0.3) is 0 Å². The second kappa shape index (κ2) is 7.07. The van der Waals surface area contributed by atoms with Crippen molar-refractivity contribution in [2.45, 2.75) is 45.1 Å². The van der Waals surface area contributed by atoms with Crippen LogP contribution in [0, 0.1) is 11.6 Å². The first-order valence-corrected chi connectivity index (χ1v) is 6.68. The maximum absolute atomic E-state index is 13.6. The molecule has 17 heavy (non-hydrogen) atoms. The van der Waals surface area contributed by atoms with Crippen molar-refractivity contribution in [2.24, 2.45) is 0 Å². The van der Waals surface area contributed by atoms with E-state index < -0.39 is 17.7 Å². The standard InChI is InChI=1S/C13H17BrF2O/c1-2-3-4-5-6-11(17)12-10(15)8-7-9(14)13(12)16/h7-8,11,17H,2-6H2,1H3. The van der Waals surface area contributed by atoms with E-state index >= 15 is 0 Å². The summed E-state index contributed by atoms with van der Waals surface area (Å²) in [6, 6.07) is 2.47. The van der Waals surface area contributed by atoms with Gasteiger partial charge in [0, 0.05) is 0 Å². The van der Waals surface area contributed by atoms with Crippen LogP contribution in [-0.2, 0) is 0 Å². The van der Waals surface area contributed by atoms with E-state index in [0.29, 0.717) is 6.42 Å². The van der Waals surface area contributed by atoms with Crippen molar-refractivity contribution in [3.8, 4) is 0 Å². The van der Waals surface area contributed by atoms with Gasteiger partial charge in [0.2, 0.25) is 0 Å². The molecular formula is C13H17BrF2O. The number of halogens is 3. The quantitative estimate of drug-likeness (QED) is 0.595. The number of aliphatic hydroxyl groups is 1. The molecule has 0 aliphatic rings. The Morgan fingerprint density at radius 2 is 1.94 bits per heavy atom. The van der Waals surface area contributed by atoms with Crippen LogP contribution >= 0.6 is 15.9 Å². The Morgan fingerprint density at radius 3 is 2.59 bits per heavy atom. The SMILES string of the molecule is CCCCCCC(O)c1c(F)ccc(Br)c1F. The molecule has 0 amide bonds. The van der Waals surface area contributed by atoms with Gasteiger partial charge in [-0.1, -0.05) is 32.6 Å². The highest BCUT2D eigenvalue weighted by Crippen LogP contribution is 2.29. The molecule has 1 aromatic carbocycles. The molecule has 0 aromatic heterocycles. The van der Waals surface area contributed by atoms with Gasteiger partial charge in [0.1, 0.15) is 11.6 Å². The molecule has 1 rings (SSSR count). The van der Waals surface area contributed by atoms with E-state index in [1.807, 2.05) is 0 Å². The minimum absolute atomic E-state index is 0.182. The highest BCUT2D eigenvalue weighted by atomic mass is 79.9. The molecule has 1 aromatic rings. The molecule has 0 heterocycles. The Labute approximate surface area is 109 Å². The maximum atomic E-state index is 13.6. The zero-order valence-corrected chi connectivity index (χ0v) is 11.4. The van der Waals surface area contributed by atoms with Crippen molar-refractivity contribution in [2.75, 3.05) is 0 Å². The first-order valence-electron chi connectivity index (χ1n) is 5.89. The highest BCUT2D eigenvalue weighted by molar-refractivity contribution is 9.10. The molecule has 1 nitrogen and oxygen atoms in total. The second-order valence-corrected chi connectivity index (χ2v) is 4.98. The van der Waals surface area contributed by atoms with E-state index in [1.54, 1.807) is 0 Å². The third kappa shape index (κ3) is 4.03. The van der Waals surface area contributed by atoms with Crippen LogP contribution < -0.4 is 0 Å². The van der Waals surface area contributed by atoms with Crippen LogP contribution in [0.5, 0.6) is 0 Å². The van der Waals surface area contributed by atoms with Gasteiger partial charge in [-0.3, -0.25) is 0 Å². The van der Waals surface area contributed by atoms with Gasteiger partial charge >= 0.3 is 0 Å². The average Bonchev–Trinajstić information content (AvgIpc) is 2.30. The third-order valence-corrected chi connectivity index (χ3v) is 3.36. The monoisotopic (exact) mass is 306 g/mol. The highest BCUT2D eigenvalue weighted by Gasteiger charge is 2.19. The predicted octanol–water partition coefficient (Wildman–Crippen LogP) is 4.73. The van der Waals surface area contributed by atoms with E-state index in [2.05, 4.69) is 22.9 Å². The number of rotatable bonds is 6. The van der Waals surface area contributed by atoms with Crippen LogP contribution in [0.4, 0.5) is 8.78 Å². The summed E-state index contributed by atoms with van der Waals surface area (Å²) in [7, 11) is 0. The smallest absolute Gasteiger partial charge is 0.146 e. The molecule has 0 radical (unpaired) electrons. The average molecular weight is 307 g/mol. The molecule has 1 atom stereocenters. The van der Waals surface area contributed by atoms with Gasteiger partial charge < -0.3 is 5.11 Å². The molecule has 0 saturated carbocycles. The molecule has 0 aliphatic carbocycles. The lowest BCUT2D eigenvalue weighted by Crippen LogP contribution is -2.05. The summed E-state index contributed by atoms with van der Waals surface area (Å²) in [6.45, 7) is 2.09. The van der Waals surface area contributed by atoms with Crippen LogP contribution in [-0.4, -0.2) is 5.11 Å². The fraction of sp³-hybridized carbons (Fsp3) is 0.538. The lowest BCUT2D eigenvalue weighted by molar-refractivity contribution is 0.153. The molecular weight excluding hydrogens is 290 g/mol. The Hall–Kier alpha value is -0.480. The number of unbranched alkanes of at least 4 members (excludes halogenated alkanes) is 3. The van der Waals surface area contributed by atoms with Crippen LogP contribution in [0.15, 0.2) is 16.6 Å². The lowest BCUT2D eigenvalue weighted by atomic mass is 10.0. The Balaban J connectivity index is 2.68. The third-order valence-electron chi connectivity index (χ3n) is 2.74. The summed E-state index contributed by atoms with van der Waals surface area (Å²) < 4.78 is 27.3. The number of benzene rings is 1. The minimum atomic E-state index is -1.07. The lowest BCUT2D eigenvalue weighted by Gasteiger charge is -2.13. The van der Waals surface area contributed by atoms with Crippen molar-refractivity contribution >= 4 is 15.9 Å². The van der Waals surface area contributed by atoms with Crippen LogP contribution in [0.3, 0.4) is 0 Å². The van der Waals surface area contributed by atoms with E-state index in [1.165, 1.54) is 6.07 Å². The van der Waals surface area contributed by atoms with Crippen molar-refractivity contribution in [3.63, 3.8) is 0 Å². The van der Waals surface area contributed by atoms with Gasteiger partial charge in [-0.05, 0) is 34.5 Å². The number of aliphatic hydroxyl groups excluding tert-OH is 1. The Morgan fingerprint density at radius 1 is 1.24 bits per heavy atom. The number of hydrogen-bond acceptors (Lipinski definition) is 1. The second-order valence-electron chi connectivity index (χ2n) is 4.12. The molecule has 1 unspecified atom stereocenters. The zero-order valence-electron chi connectivity index (χ0n) is 9.85. The summed E-state index contributed by atoms with van der Waals surface area (Å²) in [4.78, 5) is 0. The van der Waals surface area contributed by atoms with Gasteiger partial charge in [0.25, 0.3) is 0 Å². The molecule has 0 fully saturated rings. The zero-order chi connectivity index (χ0) is 12.8. The van der Waals surface area contributed by atoms with Gasteiger partial charge in [0.15, 0.2) is 0 Å². The first kappa shape index (κ1) is 14.6. The predicted molar refractivity (Wildman–Crippen MR) is 67.8 cm³/mol. The van der Waals surface area contributed by atoms with Crippen LogP contribution in [0.1, 0.15) is 50.7 Å². The fourth-order valence-corrected chi connectivity index (χ4v) is 2.10. The molecule has 0 saturated heterocycles. The Bertz CT molecular complexity index is 369. The first-order chi connectivity index (χ1) is 8.07. The van der Waals surface area contributed by atoms with Gasteiger partial charge in [-0.2, -0.15) is 0 Å². The van der Waals surface area contributed by atoms with Gasteiger partial charge in [-0.25, -0.2) is 8.78 Å². The molecule has 96 valence electrons. The summed E-state index contributed by atoms with van der Waals surface area (Å²) >= 11 is 2.99. The molecule has 0 bridgehead atoms. The van der Waals surface area contributed by atoms with Crippen molar-refractivity contribution in [1.82, 2.24) is 0 Å². The molecule has 0 spiro atoms. The minimum Gasteiger partial charge on any atom is -0.388 e.